The van der Waals surface area contributed by atoms with Gasteiger partial charge in [0.25, 0.3) is 0 Å². The molecule has 2 aromatic rings. The lowest BCUT2D eigenvalue weighted by atomic mass is 10.1. The van der Waals surface area contributed by atoms with Gasteiger partial charge in [-0.15, -0.1) is 5.10 Å². The summed E-state index contributed by atoms with van der Waals surface area (Å²) in [5.41, 5.74) is 2.14. The first-order valence-corrected chi connectivity index (χ1v) is 7.12. The van der Waals surface area contributed by atoms with Crippen molar-refractivity contribution in [1.29, 1.82) is 0 Å². The van der Waals surface area contributed by atoms with Crippen LogP contribution in [0.3, 0.4) is 0 Å². The highest BCUT2D eigenvalue weighted by atomic mass is 16.2. The predicted molar refractivity (Wildman–Crippen MR) is 81.4 cm³/mol. The number of amides is 2. The number of benzene rings is 1. The van der Waals surface area contributed by atoms with E-state index in [0.717, 1.165) is 12.1 Å². The molecule has 0 fully saturated rings. The number of nitrogens with one attached hydrogen (secondary N) is 1. The molecule has 7 nitrogen and oxygen atoms in total. The van der Waals surface area contributed by atoms with Crippen LogP contribution in [-0.4, -0.2) is 32.9 Å². The lowest BCUT2D eigenvalue weighted by Crippen LogP contribution is -2.38. The number of anilines is 2. The fourth-order valence-electron chi connectivity index (χ4n) is 2.77. The third-order valence-corrected chi connectivity index (χ3v) is 3.62. The summed E-state index contributed by atoms with van der Waals surface area (Å²) in [5.74, 6) is 0.0763. The smallest absolute Gasteiger partial charge is 0.249 e. The highest BCUT2D eigenvalue weighted by molar-refractivity contribution is 5.96. The van der Waals surface area contributed by atoms with Crippen LogP contribution >= 0.6 is 0 Å². The minimum absolute atomic E-state index is 0.0447. The van der Waals surface area contributed by atoms with Crippen molar-refractivity contribution in [3.05, 3.63) is 36.0 Å². The van der Waals surface area contributed by atoms with Crippen molar-refractivity contribution in [1.82, 2.24) is 15.0 Å². The lowest BCUT2D eigenvalue weighted by Gasteiger charge is -2.22. The fourth-order valence-corrected chi connectivity index (χ4v) is 2.77. The topological polar surface area (TPSA) is 80.1 Å². The molecular weight excluding hydrogens is 282 g/mol. The second kappa shape index (κ2) is 5.59. The van der Waals surface area contributed by atoms with Crippen molar-refractivity contribution in [2.24, 2.45) is 0 Å². The molecule has 1 aromatic heterocycles. The van der Waals surface area contributed by atoms with Gasteiger partial charge in [0, 0.05) is 18.7 Å². The largest absolute Gasteiger partial charge is 0.308 e. The van der Waals surface area contributed by atoms with Crippen LogP contribution in [0.2, 0.25) is 0 Å². The molecule has 0 radical (unpaired) electrons. The molecule has 3 rings (SSSR count). The Bertz CT molecular complexity index is 724. The zero-order valence-electron chi connectivity index (χ0n) is 12.5. The number of carbonyl (C=O) groups is 2. The molecule has 1 aliphatic rings. The zero-order chi connectivity index (χ0) is 15.7. The summed E-state index contributed by atoms with van der Waals surface area (Å²) in [6, 6.07) is 8.05. The van der Waals surface area contributed by atoms with E-state index in [1.165, 1.54) is 17.2 Å². The van der Waals surface area contributed by atoms with Crippen LogP contribution in [-0.2, 0) is 22.6 Å². The van der Waals surface area contributed by atoms with E-state index >= 15 is 0 Å². The first kappa shape index (κ1) is 14.2. The minimum atomic E-state index is -0.222. The van der Waals surface area contributed by atoms with Crippen LogP contribution in [0.1, 0.15) is 19.4 Å². The Morgan fingerprint density at radius 1 is 1.36 bits per heavy atom. The van der Waals surface area contributed by atoms with Gasteiger partial charge in [-0.05, 0) is 25.0 Å². The van der Waals surface area contributed by atoms with E-state index in [-0.39, 0.29) is 24.4 Å². The normalized spacial score (nSPS) is 16.5. The molecule has 7 heteroatoms. The van der Waals surface area contributed by atoms with E-state index in [0.29, 0.717) is 5.82 Å². The summed E-state index contributed by atoms with van der Waals surface area (Å²) >= 11 is 0. The Hall–Kier alpha value is -2.70. The number of para-hydroxylation sites is 1. The Kier molecular flexibility index (Phi) is 3.62. The van der Waals surface area contributed by atoms with Gasteiger partial charge in [-0.3, -0.25) is 9.59 Å². The van der Waals surface area contributed by atoms with Crippen LogP contribution in [0.4, 0.5) is 11.5 Å². The summed E-state index contributed by atoms with van der Waals surface area (Å²) in [5, 5.41) is 10.2. The first-order valence-electron chi connectivity index (χ1n) is 7.12. The van der Waals surface area contributed by atoms with Crippen molar-refractivity contribution < 1.29 is 9.59 Å². The maximum atomic E-state index is 12.6. The summed E-state index contributed by atoms with van der Waals surface area (Å²) in [6.45, 7) is 3.51. The van der Waals surface area contributed by atoms with Gasteiger partial charge in [-0.1, -0.05) is 23.4 Å². The molecule has 1 aliphatic heterocycles. The van der Waals surface area contributed by atoms with E-state index in [1.54, 1.807) is 11.1 Å². The molecular formula is C15H17N5O2. The number of hydrogen-bond acceptors (Lipinski definition) is 4. The molecule has 0 aliphatic carbocycles. The van der Waals surface area contributed by atoms with E-state index in [9.17, 15) is 9.59 Å². The second-order valence-electron chi connectivity index (χ2n) is 5.43. The van der Waals surface area contributed by atoms with Gasteiger partial charge < -0.3 is 10.2 Å². The van der Waals surface area contributed by atoms with Gasteiger partial charge in [0.1, 0.15) is 6.54 Å². The average molecular weight is 299 g/mol. The quantitative estimate of drug-likeness (QED) is 0.924. The molecule has 2 heterocycles. The molecule has 1 unspecified atom stereocenters. The monoisotopic (exact) mass is 299 g/mol. The molecule has 0 spiro atoms. The van der Waals surface area contributed by atoms with Crippen molar-refractivity contribution in [2.45, 2.75) is 32.9 Å². The van der Waals surface area contributed by atoms with E-state index in [4.69, 9.17) is 0 Å². The highest BCUT2D eigenvalue weighted by Gasteiger charge is 2.30. The first-order chi connectivity index (χ1) is 10.5. The van der Waals surface area contributed by atoms with Crippen LogP contribution in [0.25, 0.3) is 0 Å². The van der Waals surface area contributed by atoms with Crippen molar-refractivity contribution in [2.75, 3.05) is 10.2 Å². The van der Waals surface area contributed by atoms with Crippen molar-refractivity contribution >= 4 is 23.3 Å². The summed E-state index contributed by atoms with van der Waals surface area (Å²) in [7, 11) is 0. The number of hydrogen-bond donors (Lipinski definition) is 1. The summed E-state index contributed by atoms with van der Waals surface area (Å²) in [6.07, 6.45) is 2.41. The lowest BCUT2D eigenvalue weighted by molar-refractivity contribution is -0.119. The number of nitrogens with zero attached hydrogens (tertiary/aromatic N) is 4. The molecule has 2 amide bonds. The number of fused-ring (bicyclic) bond motifs is 1. The van der Waals surface area contributed by atoms with E-state index in [2.05, 4.69) is 15.6 Å². The Morgan fingerprint density at radius 2 is 2.14 bits per heavy atom. The van der Waals surface area contributed by atoms with Gasteiger partial charge >= 0.3 is 0 Å². The van der Waals surface area contributed by atoms with Gasteiger partial charge in [-0.2, -0.15) is 0 Å². The molecule has 0 saturated heterocycles. The summed E-state index contributed by atoms with van der Waals surface area (Å²) < 4.78 is 1.43. The van der Waals surface area contributed by atoms with Gasteiger partial charge in [-0.25, -0.2) is 4.68 Å². The van der Waals surface area contributed by atoms with Crippen molar-refractivity contribution in [3.63, 3.8) is 0 Å². The second-order valence-corrected chi connectivity index (χ2v) is 5.43. The Balaban J connectivity index is 1.75. The number of carbonyl (C=O) groups excluding carboxylic acids is 2. The van der Waals surface area contributed by atoms with Crippen LogP contribution in [0.15, 0.2) is 30.5 Å². The van der Waals surface area contributed by atoms with Crippen LogP contribution in [0, 0.1) is 0 Å². The number of rotatable bonds is 3. The highest BCUT2D eigenvalue weighted by Crippen LogP contribution is 2.31. The van der Waals surface area contributed by atoms with Gasteiger partial charge in [0.2, 0.25) is 11.8 Å². The molecule has 0 saturated carbocycles. The zero-order valence-corrected chi connectivity index (χ0v) is 12.5. The number of aromatic nitrogens is 3. The van der Waals surface area contributed by atoms with E-state index < -0.39 is 0 Å². The molecule has 1 N–H and O–H groups in total. The van der Waals surface area contributed by atoms with Crippen LogP contribution in [0.5, 0.6) is 0 Å². The molecule has 1 aromatic carbocycles. The van der Waals surface area contributed by atoms with Crippen LogP contribution < -0.4 is 10.2 Å². The Morgan fingerprint density at radius 3 is 2.91 bits per heavy atom. The minimum Gasteiger partial charge on any atom is -0.308 e. The maximum Gasteiger partial charge on any atom is 0.249 e. The summed E-state index contributed by atoms with van der Waals surface area (Å²) in [4.78, 5) is 25.3. The average Bonchev–Trinajstić information content (AvgIpc) is 3.01. The third kappa shape index (κ3) is 2.69. The van der Waals surface area contributed by atoms with Gasteiger partial charge in [0.15, 0.2) is 5.82 Å². The van der Waals surface area contributed by atoms with Crippen molar-refractivity contribution in [3.8, 4) is 0 Å². The molecule has 1 atom stereocenters. The van der Waals surface area contributed by atoms with E-state index in [1.807, 2.05) is 31.2 Å². The molecule has 0 bridgehead atoms. The Labute approximate surface area is 127 Å². The molecule has 22 heavy (non-hydrogen) atoms. The molecule has 114 valence electrons. The predicted octanol–water partition coefficient (Wildman–Crippen LogP) is 1.21. The third-order valence-electron chi connectivity index (χ3n) is 3.62. The standard InChI is InChI=1S/C15H17N5O2/c1-10-7-12-5-3-4-6-13(12)20(10)15(22)9-19-8-14(17-18-19)16-11(2)21/h3-6,8,10H,7,9H2,1-2H3,(H,16,21). The van der Waals surface area contributed by atoms with Gasteiger partial charge in [0.05, 0.1) is 6.20 Å². The maximum absolute atomic E-state index is 12.6. The fraction of sp³-hybridized carbons (Fsp3) is 0.333. The SMILES string of the molecule is CC(=O)Nc1cn(CC(=O)N2c3ccccc3CC2C)nn1.